The molecule has 1 fully saturated rings. The number of aliphatic hydroxyl groups is 2. The van der Waals surface area contributed by atoms with E-state index >= 15 is 0 Å². The Morgan fingerprint density at radius 3 is 2.56 bits per heavy atom. The van der Waals surface area contributed by atoms with Gasteiger partial charge in [-0.1, -0.05) is 67.4 Å². The van der Waals surface area contributed by atoms with Crippen LogP contribution in [0.4, 0.5) is 9.59 Å². The summed E-state index contributed by atoms with van der Waals surface area (Å²) < 4.78 is 25.6. The van der Waals surface area contributed by atoms with E-state index in [9.17, 15) is 19.8 Å². The van der Waals surface area contributed by atoms with Crippen molar-refractivity contribution in [2.75, 3.05) is 46.0 Å². The zero-order valence-corrected chi connectivity index (χ0v) is 32.8. The maximum Gasteiger partial charge on any atom is 0.412 e. The Hall–Kier alpha value is -4.10. The van der Waals surface area contributed by atoms with E-state index in [1.54, 1.807) is 23.1 Å². The number of rotatable bonds is 20. The van der Waals surface area contributed by atoms with E-state index in [1.165, 1.54) is 7.11 Å². The maximum atomic E-state index is 13.9. The molecule has 3 N–H and O–H groups in total. The van der Waals surface area contributed by atoms with Crippen LogP contribution >= 0.6 is 11.6 Å². The number of allylic oxidation sites excluding steroid dienone is 1. The Morgan fingerprint density at radius 1 is 1.11 bits per heavy atom. The number of ether oxygens (including phenoxy) is 4. The SMILES string of the molecule is C=CCOC12Oc3ccc(OC(=O)NCc4ccccc4)cc3C3C(CCCCO)C(CCCCO)C=C(C(=NOC)CC1N(CCC)C(=O)OCCCl)C32. The van der Waals surface area contributed by atoms with Gasteiger partial charge in [-0.05, 0) is 73.3 Å². The van der Waals surface area contributed by atoms with Crippen LogP contribution in [-0.4, -0.2) is 90.8 Å². The van der Waals surface area contributed by atoms with E-state index < -0.39 is 29.9 Å². The number of aliphatic hydroxyl groups excluding tert-OH is 2. The third-order valence-electron chi connectivity index (χ3n) is 10.7. The van der Waals surface area contributed by atoms with Crippen LogP contribution in [0.15, 0.2) is 78.0 Å². The summed E-state index contributed by atoms with van der Waals surface area (Å²) >= 11 is 5.96. The lowest BCUT2D eigenvalue weighted by atomic mass is 9.55. The fraction of sp³-hybridized carbons (Fsp3) is 0.548. The van der Waals surface area contributed by atoms with Gasteiger partial charge in [-0.15, -0.1) is 18.2 Å². The van der Waals surface area contributed by atoms with Gasteiger partial charge in [-0.25, -0.2) is 9.59 Å². The lowest BCUT2D eigenvalue weighted by Crippen LogP contribution is -2.70. The van der Waals surface area contributed by atoms with Crippen molar-refractivity contribution < 1.29 is 43.6 Å². The van der Waals surface area contributed by atoms with Crippen LogP contribution in [0.25, 0.3) is 0 Å². The number of benzene rings is 2. The molecule has 0 radical (unpaired) electrons. The number of alkyl halides is 1. The fourth-order valence-corrected chi connectivity index (χ4v) is 8.64. The largest absolute Gasteiger partial charge is 0.459 e. The summed E-state index contributed by atoms with van der Waals surface area (Å²) in [5.41, 5.74) is 3.36. The van der Waals surface area contributed by atoms with Crippen molar-refractivity contribution in [2.24, 2.45) is 22.9 Å². The van der Waals surface area contributed by atoms with Crippen molar-refractivity contribution in [3.63, 3.8) is 0 Å². The molecule has 1 aliphatic heterocycles. The van der Waals surface area contributed by atoms with E-state index in [0.29, 0.717) is 49.6 Å². The third-order valence-corrected chi connectivity index (χ3v) is 10.9. The van der Waals surface area contributed by atoms with Crippen molar-refractivity contribution in [2.45, 2.75) is 82.6 Å². The van der Waals surface area contributed by atoms with Crippen molar-refractivity contribution in [1.29, 1.82) is 0 Å². The van der Waals surface area contributed by atoms with Gasteiger partial charge in [0.05, 0.1) is 24.1 Å². The standard InChI is InChI=1S/C42H56ClN3O9/c1-4-20-46(41(50)52-24-19-43)37-27-35(45-51-3)33-25-30(15-9-11-21-47)32(16-10-12-22-48)38-34-26-31(54-40(49)44-28-29-13-7-6-8-14-29)17-18-36(34)55-42(37,39(33)38)53-23-5-2/h5-8,13-14,17-18,25-26,30,32,37-39,47-48H,2,4,9-12,15-16,19-24,27-28H2,1,3H3,(H,44,49). The number of halogens is 1. The summed E-state index contributed by atoms with van der Waals surface area (Å²) in [6, 6.07) is 14.3. The van der Waals surface area contributed by atoms with E-state index in [1.807, 2.05) is 43.3 Å². The number of amides is 2. The number of nitrogens with zero attached hydrogens (tertiary/aromatic N) is 2. The molecule has 2 amide bonds. The van der Waals surface area contributed by atoms with Gasteiger partial charge in [0.2, 0.25) is 5.79 Å². The van der Waals surface area contributed by atoms with Gasteiger partial charge in [0.1, 0.15) is 31.3 Å². The first-order valence-electron chi connectivity index (χ1n) is 19.5. The Labute approximate surface area is 329 Å². The second-order valence-electron chi connectivity index (χ2n) is 14.2. The van der Waals surface area contributed by atoms with Crippen molar-refractivity contribution >= 4 is 29.5 Å². The number of hydrogen-bond acceptors (Lipinski definition) is 10. The molecule has 6 atom stereocenters. The normalized spacial score (nSPS) is 24.4. The first kappa shape index (κ1) is 42.1. The second kappa shape index (κ2) is 20.7. The number of carbonyl (C=O) groups excluding carboxylic acids is 2. The molecular formula is C42H56ClN3O9. The molecule has 0 bridgehead atoms. The van der Waals surface area contributed by atoms with Crippen LogP contribution in [0.5, 0.6) is 11.5 Å². The van der Waals surface area contributed by atoms with E-state index in [0.717, 1.165) is 42.4 Å². The molecule has 12 nitrogen and oxygen atoms in total. The fourth-order valence-electron chi connectivity index (χ4n) is 8.56. The van der Waals surface area contributed by atoms with Crippen LogP contribution in [0.1, 0.15) is 75.3 Å². The average molecular weight is 782 g/mol. The number of unbranched alkanes of at least 4 members (excludes halogenated alkanes) is 2. The van der Waals surface area contributed by atoms with Crippen molar-refractivity contribution in [3.8, 4) is 11.5 Å². The Kier molecular flexibility index (Phi) is 15.8. The summed E-state index contributed by atoms with van der Waals surface area (Å²) in [6.07, 6.45) is 8.16. The molecule has 2 aromatic carbocycles. The van der Waals surface area contributed by atoms with E-state index in [2.05, 4.69) is 23.1 Å². The molecule has 0 spiro atoms. The summed E-state index contributed by atoms with van der Waals surface area (Å²) in [5, 5.41) is 27.0. The highest BCUT2D eigenvalue weighted by Gasteiger charge is 2.65. The lowest BCUT2D eigenvalue weighted by molar-refractivity contribution is -0.255. The Bertz CT molecular complexity index is 1640. The highest BCUT2D eigenvalue weighted by atomic mass is 35.5. The number of fused-ring (bicyclic) bond motifs is 2. The zero-order valence-electron chi connectivity index (χ0n) is 32.0. The van der Waals surface area contributed by atoms with E-state index in [-0.39, 0.29) is 56.5 Å². The maximum absolute atomic E-state index is 13.9. The van der Waals surface area contributed by atoms with E-state index in [4.69, 9.17) is 35.4 Å². The molecule has 5 rings (SSSR count). The van der Waals surface area contributed by atoms with Crippen molar-refractivity contribution in [1.82, 2.24) is 10.2 Å². The molecule has 13 heteroatoms. The van der Waals surface area contributed by atoms with Crippen LogP contribution in [-0.2, 0) is 20.9 Å². The molecule has 0 aromatic heterocycles. The minimum absolute atomic E-state index is 0.0147. The molecule has 1 heterocycles. The van der Waals surface area contributed by atoms with Gasteiger partial charge in [-0.2, -0.15) is 0 Å². The van der Waals surface area contributed by atoms with Crippen molar-refractivity contribution in [3.05, 3.63) is 84.0 Å². The summed E-state index contributed by atoms with van der Waals surface area (Å²) in [7, 11) is 1.51. The van der Waals surface area contributed by atoms with Gasteiger partial charge >= 0.3 is 12.2 Å². The first-order chi connectivity index (χ1) is 26.8. The van der Waals surface area contributed by atoms with Gasteiger partial charge < -0.3 is 39.3 Å². The first-order valence-corrected chi connectivity index (χ1v) is 20.0. The zero-order chi connectivity index (χ0) is 39.2. The minimum atomic E-state index is -1.42. The number of hydrogen-bond donors (Lipinski definition) is 3. The van der Waals surface area contributed by atoms with Gasteiger partial charge in [0, 0.05) is 44.2 Å². The summed E-state index contributed by atoms with van der Waals surface area (Å²) in [6.45, 7) is 6.95. The quantitative estimate of drug-likeness (QED) is 0.0544. The van der Waals surface area contributed by atoms with Crippen LogP contribution in [0, 0.1) is 17.8 Å². The minimum Gasteiger partial charge on any atom is -0.459 e. The van der Waals surface area contributed by atoms with Crippen LogP contribution in [0.3, 0.4) is 0 Å². The summed E-state index contributed by atoms with van der Waals surface area (Å²) in [4.78, 5) is 34.1. The number of carbonyl (C=O) groups is 2. The molecule has 2 aliphatic carbocycles. The molecule has 0 saturated heterocycles. The Balaban J connectivity index is 1.68. The van der Waals surface area contributed by atoms with Crippen LogP contribution in [0.2, 0.25) is 0 Å². The topological polar surface area (TPSA) is 148 Å². The summed E-state index contributed by atoms with van der Waals surface area (Å²) in [5.74, 6) is -1.06. The molecular weight excluding hydrogens is 726 g/mol. The smallest absolute Gasteiger partial charge is 0.412 e. The molecule has 6 unspecified atom stereocenters. The highest BCUT2D eigenvalue weighted by molar-refractivity contribution is 6.18. The number of oxime groups is 1. The predicted octanol–water partition coefficient (Wildman–Crippen LogP) is 7.33. The van der Waals surface area contributed by atoms with Gasteiger partial charge in [-0.3, -0.25) is 4.90 Å². The van der Waals surface area contributed by atoms with Gasteiger partial charge in [0.25, 0.3) is 0 Å². The molecule has 1 saturated carbocycles. The predicted molar refractivity (Wildman–Crippen MR) is 210 cm³/mol. The molecule has 300 valence electrons. The number of nitrogens with one attached hydrogen (secondary N) is 1. The lowest BCUT2D eigenvalue weighted by Gasteiger charge is -2.59. The average Bonchev–Trinajstić information content (AvgIpc) is 3.19. The van der Waals surface area contributed by atoms with Crippen LogP contribution < -0.4 is 14.8 Å². The monoisotopic (exact) mass is 781 g/mol. The molecule has 2 aromatic rings. The Morgan fingerprint density at radius 2 is 1.87 bits per heavy atom. The molecule has 3 aliphatic rings. The molecule has 55 heavy (non-hydrogen) atoms. The second-order valence-corrected chi connectivity index (χ2v) is 14.6. The third kappa shape index (κ3) is 9.83. The highest BCUT2D eigenvalue weighted by Crippen LogP contribution is 2.62. The van der Waals surface area contributed by atoms with Gasteiger partial charge in [0.15, 0.2) is 0 Å².